The minimum absolute atomic E-state index is 0.0395. The van der Waals surface area contributed by atoms with Gasteiger partial charge in [-0.1, -0.05) is 42.5 Å². The van der Waals surface area contributed by atoms with Crippen molar-refractivity contribution in [2.24, 2.45) is 0 Å². The Hall–Kier alpha value is -5.79. The van der Waals surface area contributed by atoms with Gasteiger partial charge in [-0.25, -0.2) is 4.98 Å². The van der Waals surface area contributed by atoms with E-state index in [2.05, 4.69) is 20.9 Å². The van der Waals surface area contributed by atoms with Gasteiger partial charge >= 0.3 is 0 Å². The fourth-order valence-electron chi connectivity index (χ4n) is 4.46. The van der Waals surface area contributed by atoms with Crippen LogP contribution < -0.4 is 20.7 Å². The molecule has 49 heavy (non-hydrogen) atoms. The number of carbonyl (C=O) groups is 3. The molecule has 1 unspecified atom stereocenters. The molecule has 4 aromatic carbocycles. The molecule has 0 aliphatic heterocycles. The summed E-state index contributed by atoms with van der Waals surface area (Å²) in [6, 6.07) is 28.9. The highest BCUT2D eigenvalue weighted by Gasteiger charge is 2.18. The van der Waals surface area contributed by atoms with E-state index in [9.17, 15) is 24.5 Å². The smallest absolute Gasteiger partial charge is 0.272 e. The van der Waals surface area contributed by atoms with Crippen molar-refractivity contribution < 1.29 is 24.0 Å². The van der Waals surface area contributed by atoms with Crippen molar-refractivity contribution in [3.8, 4) is 17.0 Å². The average molecular weight is 694 g/mol. The maximum Gasteiger partial charge on any atom is 0.272 e. The van der Waals surface area contributed by atoms with Crippen molar-refractivity contribution in [1.82, 2.24) is 10.3 Å². The summed E-state index contributed by atoms with van der Waals surface area (Å²) >= 11 is 2.55. The van der Waals surface area contributed by atoms with E-state index >= 15 is 0 Å². The first-order valence-corrected chi connectivity index (χ1v) is 16.8. The number of hydrogen-bond donors (Lipinski definition) is 3. The van der Waals surface area contributed by atoms with Crippen LogP contribution in [0.3, 0.4) is 0 Å². The molecule has 0 aliphatic rings. The van der Waals surface area contributed by atoms with Crippen LogP contribution in [0.25, 0.3) is 17.3 Å². The third-order valence-corrected chi connectivity index (χ3v) is 8.78. The van der Waals surface area contributed by atoms with Crippen molar-refractivity contribution in [2.45, 2.75) is 24.0 Å². The van der Waals surface area contributed by atoms with E-state index in [1.807, 2.05) is 6.92 Å². The Bertz CT molecular complexity index is 1980. The van der Waals surface area contributed by atoms with Gasteiger partial charge in [-0.05, 0) is 74.0 Å². The van der Waals surface area contributed by atoms with Crippen LogP contribution in [0.1, 0.15) is 29.8 Å². The van der Waals surface area contributed by atoms with E-state index in [1.54, 1.807) is 109 Å². The monoisotopic (exact) mass is 693 g/mol. The van der Waals surface area contributed by atoms with Crippen LogP contribution in [0.4, 0.5) is 16.5 Å². The van der Waals surface area contributed by atoms with E-state index in [-0.39, 0.29) is 17.3 Å². The summed E-state index contributed by atoms with van der Waals surface area (Å²) in [6.07, 6.45) is 1.59. The van der Waals surface area contributed by atoms with Gasteiger partial charge in [0, 0.05) is 39.2 Å². The number of thiazole rings is 1. The lowest BCUT2D eigenvalue weighted by Gasteiger charge is -2.13. The Kier molecular flexibility index (Phi) is 11.5. The highest BCUT2D eigenvalue weighted by atomic mass is 32.2. The molecule has 11 nitrogen and oxygen atoms in total. The van der Waals surface area contributed by atoms with Crippen molar-refractivity contribution in [3.05, 3.63) is 135 Å². The van der Waals surface area contributed by atoms with Crippen LogP contribution in [0.5, 0.6) is 5.75 Å². The molecule has 0 saturated carbocycles. The molecule has 5 aromatic rings. The number of rotatable bonds is 13. The van der Waals surface area contributed by atoms with E-state index in [0.29, 0.717) is 45.6 Å². The Morgan fingerprint density at radius 3 is 2.39 bits per heavy atom. The van der Waals surface area contributed by atoms with Gasteiger partial charge < -0.3 is 20.7 Å². The Morgan fingerprint density at radius 2 is 1.69 bits per heavy atom. The third-order valence-electron chi connectivity index (χ3n) is 6.91. The number of thioether (sulfide) groups is 1. The molecule has 0 bridgehead atoms. The van der Waals surface area contributed by atoms with Crippen LogP contribution >= 0.6 is 23.1 Å². The van der Waals surface area contributed by atoms with Crippen molar-refractivity contribution >= 4 is 63.4 Å². The van der Waals surface area contributed by atoms with E-state index in [4.69, 9.17) is 4.74 Å². The summed E-state index contributed by atoms with van der Waals surface area (Å²) in [4.78, 5) is 55.1. The Balaban J connectivity index is 1.21. The molecule has 13 heteroatoms. The molecule has 0 fully saturated rings. The van der Waals surface area contributed by atoms with Crippen LogP contribution in [-0.2, 0) is 9.59 Å². The van der Waals surface area contributed by atoms with Gasteiger partial charge in [0.15, 0.2) is 5.13 Å². The van der Waals surface area contributed by atoms with Crippen LogP contribution in [0.15, 0.2) is 119 Å². The number of benzene rings is 4. The first-order valence-electron chi connectivity index (χ1n) is 15.1. The lowest BCUT2D eigenvalue weighted by Crippen LogP contribution is -2.30. The minimum Gasteiger partial charge on any atom is -0.494 e. The molecular formula is C36H31N5O6S2. The van der Waals surface area contributed by atoms with Gasteiger partial charge in [-0.2, -0.15) is 0 Å². The predicted molar refractivity (Wildman–Crippen MR) is 193 cm³/mol. The molecule has 0 spiro atoms. The van der Waals surface area contributed by atoms with E-state index in [0.717, 1.165) is 4.90 Å². The zero-order valence-electron chi connectivity index (χ0n) is 26.4. The second kappa shape index (κ2) is 16.4. The number of carbonyl (C=O) groups excluding carboxylic acids is 3. The highest BCUT2D eigenvalue weighted by molar-refractivity contribution is 8.00. The van der Waals surface area contributed by atoms with Gasteiger partial charge in [0.05, 0.1) is 22.5 Å². The number of hydrogen-bond acceptors (Lipinski definition) is 9. The maximum atomic E-state index is 13.4. The fraction of sp³-hybridized carbons (Fsp3) is 0.111. The summed E-state index contributed by atoms with van der Waals surface area (Å²) in [5.74, 6) is -0.510. The summed E-state index contributed by atoms with van der Waals surface area (Å²) in [5.41, 5.74) is 2.72. The summed E-state index contributed by atoms with van der Waals surface area (Å²) in [5, 5.41) is 21.1. The Morgan fingerprint density at radius 1 is 0.959 bits per heavy atom. The number of nitrogens with zero attached hydrogens (tertiary/aromatic N) is 2. The largest absolute Gasteiger partial charge is 0.494 e. The van der Waals surface area contributed by atoms with Crippen molar-refractivity contribution in [2.75, 3.05) is 17.2 Å². The molecule has 0 radical (unpaired) electrons. The number of amides is 3. The molecule has 1 atom stereocenters. The molecule has 1 aromatic heterocycles. The van der Waals surface area contributed by atoms with Gasteiger partial charge in [0.1, 0.15) is 11.4 Å². The predicted octanol–water partition coefficient (Wildman–Crippen LogP) is 7.65. The van der Waals surface area contributed by atoms with Crippen molar-refractivity contribution in [1.29, 1.82) is 0 Å². The molecule has 0 aliphatic carbocycles. The second-order valence-corrected chi connectivity index (χ2v) is 12.7. The lowest BCUT2D eigenvalue weighted by molar-refractivity contribution is -0.384. The van der Waals surface area contributed by atoms with Gasteiger partial charge in [-0.15, -0.1) is 23.1 Å². The molecule has 3 amide bonds. The topological polar surface area (TPSA) is 153 Å². The molecule has 5 rings (SSSR count). The number of ether oxygens (including phenoxy) is 1. The Labute approximate surface area is 290 Å². The molecule has 1 heterocycles. The number of aromatic nitrogens is 1. The summed E-state index contributed by atoms with van der Waals surface area (Å²) in [6.45, 7) is 4.18. The third kappa shape index (κ3) is 9.62. The lowest BCUT2D eigenvalue weighted by atomic mass is 10.1. The molecule has 3 N–H and O–H groups in total. The molecular weight excluding hydrogens is 663 g/mol. The summed E-state index contributed by atoms with van der Waals surface area (Å²) < 4.78 is 5.50. The standard InChI is InChI=1S/C36H31N5O6S2/c1-3-47-29-16-12-24(13-17-29)20-31(38-34(43)25-8-5-4-6-9-25)35(44)37-27-14-18-30(19-15-27)49-23(2)33(42)40-36-39-32(22-48-36)26-10-7-11-28(21-26)41(45)46/h4-23H,3H2,1-2H3,(H,37,44)(H,38,43)(H,39,40,42)/b31-20-. The SMILES string of the molecule is CCOc1ccc(/C=C(\NC(=O)c2ccccc2)C(=O)Nc2ccc(SC(C)C(=O)Nc3nc(-c4cccc([N+](=O)[O-])c4)cs3)cc2)cc1. The van der Waals surface area contributed by atoms with Gasteiger partial charge in [0.2, 0.25) is 5.91 Å². The van der Waals surface area contributed by atoms with Crippen LogP contribution in [0.2, 0.25) is 0 Å². The van der Waals surface area contributed by atoms with E-state index in [1.165, 1.54) is 35.2 Å². The van der Waals surface area contributed by atoms with Gasteiger partial charge in [-0.3, -0.25) is 24.5 Å². The van der Waals surface area contributed by atoms with Crippen LogP contribution in [0, 0.1) is 10.1 Å². The zero-order valence-corrected chi connectivity index (χ0v) is 28.0. The highest BCUT2D eigenvalue weighted by Crippen LogP contribution is 2.29. The maximum absolute atomic E-state index is 13.4. The first-order chi connectivity index (χ1) is 23.7. The second-order valence-electron chi connectivity index (χ2n) is 10.5. The normalized spacial score (nSPS) is 11.7. The number of non-ortho nitro benzene ring substituents is 1. The summed E-state index contributed by atoms with van der Waals surface area (Å²) in [7, 11) is 0. The molecule has 248 valence electrons. The number of nitrogens with one attached hydrogen (secondary N) is 3. The first kappa shape index (κ1) is 34.5. The quantitative estimate of drug-likeness (QED) is 0.0492. The number of nitro groups is 1. The average Bonchev–Trinajstić information content (AvgIpc) is 3.58. The van der Waals surface area contributed by atoms with Crippen LogP contribution in [-0.4, -0.2) is 39.5 Å². The number of anilines is 2. The van der Waals surface area contributed by atoms with E-state index < -0.39 is 22.0 Å². The fourth-order valence-corrected chi connectivity index (χ4v) is 6.05. The van der Waals surface area contributed by atoms with Crippen molar-refractivity contribution in [3.63, 3.8) is 0 Å². The number of nitro benzene ring substituents is 1. The zero-order chi connectivity index (χ0) is 34.8. The van der Waals surface area contributed by atoms with Gasteiger partial charge in [0.25, 0.3) is 17.5 Å². The molecule has 0 saturated heterocycles. The minimum atomic E-state index is -0.515.